The van der Waals surface area contributed by atoms with Crippen molar-refractivity contribution < 1.29 is 0 Å². The lowest BCUT2D eigenvalue weighted by Gasteiger charge is -2.42. The van der Waals surface area contributed by atoms with E-state index < -0.39 is 0 Å². The van der Waals surface area contributed by atoms with E-state index in [1.54, 1.807) is 0 Å². The molecular formula is C17H30N2S. The Balaban J connectivity index is 1.91. The summed E-state index contributed by atoms with van der Waals surface area (Å²) in [5, 5.41) is 8.28. The van der Waals surface area contributed by atoms with Crippen molar-refractivity contribution in [2.75, 3.05) is 19.6 Å². The first-order chi connectivity index (χ1) is 9.74. The van der Waals surface area contributed by atoms with E-state index in [0.29, 0.717) is 6.04 Å². The summed E-state index contributed by atoms with van der Waals surface area (Å²) >= 11 is 1.82. The van der Waals surface area contributed by atoms with E-state index in [4.69, 9.17) is 0 Å². The highest BCUT2D eigenvalue weighted by Gasteiger charge is 2.29. The van der Waals surface area contributed by atoms with Crippen LogP contribution in [0.25, 0.3) is 0 Å². The van der Waals surface area contributed by atoms with Gasteiger partial charge < -0.3 is 5.32 Å². The molecule has 0 saturated carbocycles. The fourth-order valence-corrected chi connectivity index (χ4v) is 3.85. The fraction of sp³-hybridized carbons (Fsp3) is 0.765. The minimum Gasteiger partial charge on any atom is -0.311 e. The molecule has 1 aliphatic rings. The molecule has 1 aliphatic heterocycles. The number of thiophene rings is 1. The van der Waals surface area contributed by atoms with Crippen LogP contribution in [0.4, 0.5) is 0 Å². The van der Waals surface area contributed by atoms with E-state index in [2.05, 4.69) is 47.8 Å². The van der Waals surface area contributed by atoms with E-state index in [0.717, 1.165) is 12.0 Å². The van der Waals surface area contributed by atoms with Crippen LogP contribution in [0, 0.1) is 5.92 Å². The van der Waals surface area contributed by atoms with Crippen LogP contribution < -0.4 is 5.32 Å². The van der Waals surface area contributed by atoms with Gasteiger partial charge in [-0.15, -0.1) is 0 Å². The van der Waals surface area contributed by atoms with Crippen molar-refractivity contribution >= 4 is 11.3 Å². The van der Waals surface area contributed by atoms with Gasteiger partial charge in [-0.05, 0) is 41.1 Å². The van der Waals surface area contributed by atoms with E-state index in [9.17, 15) is 0 Å². The third-order valence-corrected chi connectivity index (χ3v) is 5.52. The Morgan fingerprint density at radius 2 is 2.30 bits per heavy atom. The van der Waals surface area contributed by atoms with Crippen LogP contribution in [-0.4, -0.2) is 36.6 Å². The lowest BCUT2D eigenvalue weighted by atomic mass is 9.94. The Bertz CT molecular complexity index is 363. The standard InChI is InChI=1S/C17H30N2S/c1-4-6-16-11-18-17(14(3)5-2)12-19(16)9-7-15-8-10-20-13-15/h8,10,13-14,16-18H,4-7,9,11-12H2,1-3H3. The second-order valence-electron chi connectivity index (χ2n) is 6.22. The molecule has 0 bridgehead atoms. The minimum atomic E-state index is 0.676. The molecular weight excluding hydrogens is 264 g/mol. The van der Waals surface area contributed by atoms with Crippen molar-refractivity contribution in [2.45, 2.75) is 58.5 Å². The van der Waals surface area contributed by atoms with Crippen molar-refractivity contribution in [3.63, 3.8) is 0 Å². The maximum Gasteiger partial charge on any atom is 0.0221 e. The molecule has 0 spiro atoms. The number of hydrogen-bond acceptors (Lipinski definition) is 3. The molecule has 3 heteroatoms. The van der Waals surface area contributed by atoms with E-state index in [-0.39, 0.29) is 0 Å². The van der Waals surface area contributed by atoms with Crippen molar-refractivity contribution in [1.82, 2.24) is 10.2 Å². The zero-order chi connectivity index (χ0) is 14.4. The van der Waals surface area contributed by atoms with Crippen LogP contribution in [0.5, 0.6) is 0 Å². The number of piperazine rings is 1. The third-order valence-electron chi connectivity index (χ3n) is 4.78. The average Bonchev–Trinajstić information content (AvgIpc) is 2.99. The van der Waals surface area contributed by atoms with Crippen molar-refractivity contribution in [1.29, 1.82) is 0 Å². The van der Waals surface area contributed by atoms with Gasteiger partial charge in [0.05, 0.1) is 0 Å². The Hall–Kier alpha value is -0.380. The highest BCUT2D eigenvalue weighted by Crippen LogP contribution is 2.19. The topological polar surface area (TPSA) is 15.3 Å². The summed E-state index contributed by atoms with van der Waals surface area (Å²) in [4.78, 5) is 2.74. The number of rotatable bonds is 7. The predicted octanol–water partition coefficient (Wildman–Crippen LogP) is 3.78. The van der Waals surface area contributed by atoms with Crippen molar-refractivity contribution in [3.05, 3.63) is 22.4 Å². The Morgan fingerprint density at radius 3 is 2.95 bits per heavy atom. The first-order valence-corrected chi connectivity index (χ1v) is 9.17. The zero-order valence-electron chi connectivity index (χ0n) is 13.3. The summed E-state index contributed by atoms with van der Waals surface area (Å²) in [7, 11) is 0. The molecule has 0 aliphatic carbocycles. The number of hydrogen-bond donors (Lipinski definition) is 1. The summed E-state index contributed by atoms with van der Waals surface area (Å²) in [6, 6.07) is 3.68. The van der Waals surface area contributed by atoms with Crippen LogP contribution in [-0.2, 0) is 6.42 Å². The third kappa shape index (κ3) is 4.31. The Kier molecular flexibility index (Phi) is 6.53. The first-order valence-electron chi connectivity index (χ1n) is 8.23. The van der Waals surface area contributed by atoms with E-state index in [1.165, 1.54) is 50.9 Å². The molecule has 0 amide bonds. The second-order valence-corrected chi connectivity index (χ2v) is 7.00. The smallest absolute Gasteiger partial charge is 0.0221 e. The molecule has 1 aromatic rings. The SMILES string of the molecule is CCCC1CNC(C(C)CC)CN1CCc1ccsc1. The van der Waals surface area contributed by atoms with Crippen molar-refractivity contribution in [3.8, 4) is 0 Å². The highest BCUT2D eigenvalue weighted by atomic mass is 32.1. The maximum atomic E-state index is 3.79. The summed E-state index contributed by atoms with van der Waals surface area (Å²) < 4.78 is 0. The molecule has 20 heavy (non-hydrogen) atoms. The zero-order valence-corrected chi connectivity index (χ0v) is 14.1. The van der Waals surface area contributed by atoms with Gasteiger partial charge in [0, 0.05) is 31.7 Å². The average molecular weight is 295 g/mol. The minimum absolute atomic E-state index is 0.676. The monoisotopic (exact) mass is 294 g/mol. The lowest BCUT2D eigenvalue weighted by molar-refractivity contribution is 0.104. The molecule has 1 saturated heterocycles. The van der Waals surface area contributed by atoms with Gasteiger partial charge in [0.2, 0.25) is 0 Å². The van der Waals surface area contributed by atoms with E-state index >= 15 is 0 Å². The van der Waals surface area contributed by atoms with Gasteiger partial charge in [-0.2, -0.15) is 11.3 Å². The van der Waals surface area contributed by atoms with Gasteiger partial charge in [0.1, 0.15) is 0 Å². The summed E-state index contributed by atoms with van der Waals surface area (Å²) in [5.41, 5.74) is 1.50. The molecule has 2 rings (SSSR count). The molecule has 1 fully saturated rings. The molecule has 1 aromatic heterocycles. The molecule has 1 N–H and O–H groups in total. The molecule has 114 valence electrons. The molecule has 0 radical (unpaired) electrons. The molecule has 3 unspecified atom stereocenters. The largest absolute Gasteiger partial charge is 0.311 e. The van der Waals surface area contributed by atoms with Crippen LogP contribution in [0.2, 0.25) is 0 Å². The maximum absolute atomic E-state index is 3.79. The summed E-state index contributed by atoms with van der Waals surface area (Å²) in [6.07, 6.45) is 5.09. The van der Waals surface area contributed by atoms with E-state index in [1.807, 2.05) is 11.3 Å². The van der Waals surface area contributed by atoms with Gasteiger partial charge in [0.15, 0.2) is 0 Å². The first kappa shape index (κ1) is 16.0. The second kappa shape index (κ2) is 8.16. The van der Waals surface area contributed by atoms with Crippen LogP contribution in [0.1, 0.15) is 45.6 Å². The van der Waals surface area contributed by atoms with Crippen LogP contribution in [0.3, 0.4) is 0 Å². The number of nitrogens with one attached hydrogen (secondary N) is 1. The number of nitrogens with zero attached hydrogens (tertiary/aromatic N) is 1. The molecule has 2 heterocycles. The van der Waals surface area contributed by atoms with Gasteiger partial charge >= 0.3 is 0 Å². The van der Waals surface area contributed by atoms with Crippen molar-refractivity contribution in [2.24, 2.45) is 5.92 Å². The van der Waals surface area contributed by atoms with Crippen LogP contribution in [0.15, 0.2) is 16.8 Å². The molecule has 3 atom stereocenters. The lowest BCUT2D eigenvalue weighted by Crippen LogP contribution is -2.58. The summed E-state index contributed by atoms with van der Waals surface area (Å²) in [5.74, 6) is 0.779. The summed E-state index contributed by atoms with van der Waals surface area (Å²) in [6.45, 7) is 10.6. The normalized spacial score (nSPS) is 25.8. The predicted molar refractivity (Wildman–Crippen MR) is 89.5 cm³/mol. The Morgan fingerprint density at radius 1 is 1.45 bits per heavy atom. The quantitative estimate of drug-likeness (QED) is 0.823. The van der Waals surface area contributed by atoms with Gasteiger partial charge in [0.25, 0.3) is 0 Å². The molecule has 2 nitrogen and oxygen atoms in total. The van der Waals surface area contributed by atoms with Crippen LogP contribution >= 0.6 is 11.3 Å². The van der Waals surface area contributed by atoms with Gasteiger partial charge in [-0.1, -0.05) is 33.6 Å². The Labute approximate surface area is 128 Å². The molecule has 0 aromatic carbocycles. The van der Waals surface area contributed by atoms with Gasteiger partial charge in [-0.3, -0.25) is 4.90 Å². The highest BCUT2D eigenvalue weighted by molar-refractivity contribution is 7.07. The fourth-order valence-electron chi connectivity index (χ4n) is 3.15. The van der Waals surface area contributed by atoms with Gasteiger partial charge in [-0.25, -0.2) is 0 Å².